The number of carbonyl (C=O) groups excluding carboxylic acids is 2. The Morgan fingerprint density at radius 2 is 1.66 bits per heavy atom. The number of hydrogen-bond acceptors (Lipinski definition) is 5. The van der Waals surface area contributed by atoms with Crippen molar-refractivity contribution in [1.29, 1.82) is 0 Å². The minimum atomic E-state index is -0.888. The number of rotatable bonds is 9. The first-order valence-corrected chi connectivity index (χ1v) is 13.6. The fourth-order valence-corrected chi connectivity index (χ4v) is 4.99. The van der Waals surface area contributed by atoms with E-state index in [1.807, 2.05) is 103 Å². The van der Waals surface area contributed by atoms with Crippen LogP contribution in [-0.2, 0) is 22.6 Å². The van der Waals surface area contributed by atoms with Gasteiger partial charge in [-0.1, -0.05) is 66.2 Å². The molecular formula is C33H30ClN3O4. The molecule has 1 amide bonds. The molecule has 0 aliphatic rings. The quantitative estimate of drug-likeness (QED) is 0.209. The highest BCUT2D eigenvalue weighted by Gasteiger charge is 2.24. The average Bonchev–Trinajstić information content (AvgIpc) is 3.42. The van der Waals surface area contributed by atoms with E-state index in [9.17, 15) is 9.59 Å². The number of hydrogen-bond donors (Lipinski definition) is 1. The number of halogens is 1. The number of carbonyl (C=O) groups is 2. The highest BCUT2D eigenvalue weighted by atomic mass is 35.5. The number of imidazole rings is 1. The van der Waals surface area contributed by atoms with E-state index in [1.54, 1.807) is 6.20 Å². The number of aromatic nitrogens is 2. The molecule has 208 valence electrons. The number of ether oxygens (including phenoxy) is 2. The highest BCUT2D eigenvalue weighted by Crippen LogP contribution is 2.30. The lowest BCUT2D eigenvalue weighted by Crippen LogP contribution is -2.43. The molecule has 0 spiro atoms. The predicted molar refractivity (Wildman–Crippen MR) is 159 cm³/mol. The summed E-state index contributed by atoms with van der Waals surface area (Å²) in [7, 11) is 1.30. The fraction of sp³-hybridized carbons (Fsp3) is 0.182. The zero-order valence-electron chi connectivity index (χ0n) is 23.1. The summed E-state index contributed by atoms with van der Waals surface area (Å²) in [4.78, 5) is 30.4. The van der Waals surface area contributed by atoms with Gasteiger partial charge in [0.25, 0.3) is 5.91 Å². The van der Waals surface area contributed by atoms with Crippen molar-refractivity contribution in [2.45, 2.75) is 32.9 Å². The third-order valence-corrected chi connectivity index (χ3v) is 7.22. The van der Waals surface area contributed by atoms with Crippen LogP contribution in [0.2, 0.25) is 5.02 Å². The van der Waals surface area contributed by atoms with E-state index in [1.165, 1.54) is 7.11 Å². The van der Waals surface area contributed by atoms with E-state index < -0.39 is 17.9 Å². The van der Waals surface area contributed by atoms with Crippen LogP contribution in [0.3, 0.4) is 0 Å². The van der Waals surface area contributed by atoms with E-state index in [4.69, 9.17) is 21.1 Å². The van der Waals surface area contributed by atoms with Gasteiger partial charge in [0, 0.05) is 28.9 Å². The van der Waals surface area contributed by atoms with Crippen molar-refractivity contribution >= 4 is 29.1 Å². The van der Waals surface area contributed by atoms with E-state index in [2.05, 4.69) is 10.3 Å². The minimum Gasteiger partial charge on any atom is -0.489 e. The molecule has 0 fully saturated rings. The van der Waals surface area contributed by atoms with Gasteiger partial charge in [0.1, 0.15) is 29.7 Å². The van der Waals surface area contributed by atoms with Crippen molar-refractivity contribution in [2.24, 2.45) is 0 Å². The molecule has 1 unspecified atom stereocenters. The third-order valence-electron chi connectivity index (χ3n) is 6.96. The van der Waals surface area contributed by atoms with Gasteiger partial charge >= 0.3 is 5.97 Å². The SMILES string of the molecule is COC(=O)C(Cc1ccc(OCc2ccccc2)cc1)NC(=O)c1cn2c(C)c(-c3ccc(Cl)cc3)c(C)cc2n1. The van der Waals surface area contributed by atoms with Gasteiger partial charge in [-0.2, -0.15) is 0 Å². The molecule has 41 heavy (non-hydrogen) atoms. The van der Waals surface area contributed by atoms with E-state index >= 15 is 0 Å². The topological polar surface area (TPSA) is 81.9 Å². The average molecular weight is 568 g/mol. The van der Waals surface area contributed by atoms with E-state index in [0.29, 0.717) is 23.0 Å². The molecule has 0 bridgehead atoms. The lowest BCUT2D eigenvalue weighted by Gasteiger charge is -2.16. The molecule has 0 radical (unpaired) electrons. The summed E-state index contributed by atoms with van der Waals surface area (Å²) in [6, 6.07) is 26.0. The Kier molecular flexibility index (Phi) is 8.36. The van der Waals surface area contributed by atoms with Gasteiger partial charge in [-0.15, -0.1) is 0 Å². The summed E-state index contributed by atoms with van der Waals surface area (Å²) in [6.07, 6.45) is 1.94. The molecule has 0 aliphatic heterocycles. The largest absolute Gasteiger partial charge is 0.489 e. The van der Waals surface area contributed by atoms with Crippen molar-refractivity contribution < 1.29 is 19.1 Å². The van der Waals surface area contributed by atoms with Gasteiger partial charge in [-0.3, -0.25) is 4.79 Å². The van der Waals surface area contributed by atoms with Crippen molar-refractivity contribution in [3.63, 3.8) is 0 Å². The molecule has 5 rings (SSSR count). The first kappa shape index (κ1) is 27.9. The van der Waals surface area contributed by atoms with Crippen LogP contribution < -0.4 is 10.1 Å². The van der Waals surface area contributed by atoms with Crippen LogP contribution in [-0.4, -0.2) is 34.4 Å². The smallest absolute Gasteiger partial charge is 0.328 e. The Hall–Kier alpha value is -4.62. The normalized spacial score (nSPS) is 11.7. The lowest BCUT2D eigenvalue weighted by atomic mass is 9.99. The van der Waals surface area contributed by atoms with Crippen molar-refractivity contribution in [3.8, 4) is 16.9 Å². The Bertz CT molecular complexity index is 1680. The second-order valence-corrected chi connectivity index (χ2v) is 10.3. The molecule has 0 aliphatic carbocycles. The maximum absolute atomic E-state index is 13.3. The number of amides is 1. The number of nitrogens with zero attached hydrogens (tertiary/aromatic N) is 2. The molecule has 0 saturated carbocycles. The number of nitrogens with one attached hydrogen (secondary N) is 1. The van der Waals surface area contributed by atoms with Gasteiger partial charge in [-0.05, 0) is 66.4 Å². The second-order valence-electron chi connectivity index (χ2n) is 9.82. The van der Waals surface area contributed by atoms with Crippen LogP contribution in [0.15, 0.2) is 91.1 Å². The predicted octanol–water partition coefficient (Wildman–Crippen LogP) is 6.36. The van der Waals surface area contributed by atoms with Crippen molar-refractivity contribution in [2.75, 3.05) is 7.11 Å². The Balaban J connectivity index is 1.31. The van der Waals surface area contributed by atoms with Crippen molar-refractivity contribution in [3.05, 3.63) is 124 Å². The molecule has 1 N–H and O–H groups in total. The number of benzene rings is 3. The Labute approximate surface area is 243 Å². The van der Waals surface area contributed by atoms with Gasteiger partial charge in [0.15, 0.2) is 0 Å². The molecule has 1 atom stereocenters. The Morgan fingerprint density at radius 1 is 0.951 bits per heavy atom. The molecule has 2 aromatic heterocycles. The maximum Gasteiger partial charge on any atom is 0.328 e. The number of esters is 1. The summed E-state index contributed by atoms with van der Waals surface area (Å²) >= 11 is 6.08. The molecule has 3 aromatic carbocycles. The van der Waals surface area contributed by atoms with E-state index in [0.717, 1.165) is 33.5 Å². The first-order chi connectivity index (χ1) is 19.8. The third kappa shape index (κ3) is 6.42. The summed E-state index contributed by atoms with van der Waals surface area (Å²) in [5, 5.41) is 3.47. The van der Waals surface area contributed by atoms with Crippen LogP contribution in [0.25, 0.3) is 16.8 Å². The van der Waals surface area contributed by atoms with Crippen LogP contribution in [0, 0.1) is 13.8 Å². The molecule has 2 heterocycles. The summed E-state index contributed by atoms with van der Waals surface area (Å²) in [6.45, 7) is 4.45. The lowest BCUT2D eigenvalue weighted by molar-refractivity contribution is -0.142. The highest BCUT2D eigenvalue weighted by molar-refractivity contribution is 6.30. The number of aryl methyl sites for hydroxylation is 2. The second kappa shape index (κ2) is 12.3. The van der Waals surface area contributed by atoms with Crippen LogP contribution in [0.1, 0.15) is 32.9 Å². The number of pyridine rings is 1. The zero-order valence-corrected chi connectivity index (χ0v) is 23.8. The van der Waals surface area contributed by atoms with Crippen LogP contribution in [0.5, 0.6) is 5.75 Å². The zero-order chi connectivity index (χ0) is 28.9. The molecule has 0 saturated heterocycles. The van der Waals surface area contributed by atoms with Gasteiger partial charge in [0.05, 0.1) is 7.11 Å². The van der Waals surface area contributed by atoms with E-state index in [-0.39, 0.29) is 12.1 Å². The molecule has 5 aromatic rings. The first-order valence-electron chi connectivity index (χ1n) is 13.2. The minimum absolute atomic E-state index is 0.208. The van der Waals surface area contributed by atoms with Crippen LogP contribution >= 0.6 is 11.6 Å². The summed E-state index contributed by atoms with van der Waals surface area (Å²) < 4.78 is 12.7. The molecule has 8 heteroatoms. The number of fused-ring (bicyclic) bond motifs is 1. The monoisotopic (exact) mass is 567 g/mol. The van der Waals surface area contributed by atoms with Gasteiger partial charge in [-0.25, -0.2) is 9.78 Å². The standard InChI is InChI=1S/C33H30ClN3O4/c1-21-17-30-35-29(19-37(30)22(2)31(21)25-11-13-26(34)14-12-25)32(38)36-28(33(39)40-3)18-23-9-15-27(16-10-23)41-20-24-7-5-4-6-8-24/h4-17,19,28H,18,20H2,1-3H3,(H,36,38). The Morgan fingerprint density at radius 3 is 2.34 bits per heavy atom. The van der Waals surface area contributed by atoms with Crippen LogP contribution in [0.4, 0.5) is 0 Å². The van der Waals surface area contributed by atoms with Gasteiger partial charge in [0.2, 0.25) is 0 Å². The molecular weight excluding hydrogens is 538 g/mol. The van der Waals surface area contributed by atoms with Gasteiger partial charge < -0.3 is 19.2 Å². The number of methoxy groups -OCH3 is 1. The molecule has 7 nitrogen and oxygen atoms in total. The summed E-state index contributed by atoms with van der Waals surface area (Å²) in [5.74, 6) is -0.287. The maximum atomic E-state index is 13.3. The van der Waals surface area contributed by atoms with Crippen molar-refractivity contribution in [1.82, 2.24) is 14.7 Å². The fourth-order valence-electron chi connectivity index (χ4n) is 4.87. The summed E-state index contributed by atoms with van der Waals surface area (Å²) in [5.41, 5.74) is 6.80.